The molecule has 3 atom stereocenters. The molecule has 1 N–H and O–H groups in total. The molecular weight excluding hydrogens is 256 g/mol. The van der Waals surface area contributed by atoms with Gasteiger partial charge in [-0.25, -0.2) is 0 Å². The van der Waals surface area contributed by atoms with E-state index in [1.165, 1.54) is 32.1 Å². The fourth-order valence-electron chi connectivity index (χ4n) is 2.53. The van der Waals surface area contributed by atoms with Crippen LogP contribution in [-0.2, 0) is 14.2 Å². The molecule has 0 unspecified atom stereocenters. The lowest BCUT2D eigenvalue weighted by Crippen LogP contribution is -2.28. The zero-order valence-electron chi connectivity index (χ0n) is 13.3. The van der Waals surface area contributed by atoms with E-state index in [9.17, 15) is 5.11 Å². The van der Waals surface area contributed by atoms with Gasteiger partial charge in [-0.15, -0.1) is 0 Å². The second-order valence-electron chi connectivity index (χ2n) is 5.47. The normalized spacial score (nSPS) is 23.2. The highest BCUT2D eigenvalue weighted by molar-refractivity contribution is 4.93. The topological polar surface area (TPSA) is 51.2 Å². The van der Waals surface area contributed by atoms with Crippen molar-refractivity contribution in [2.45, 2.75) is 90.3 Å². The van der Waals surface area contributed by atoms with Crippen LogP contribution in [0.25, 0.3) is 0 Å². The highest BCUT2D eigenvalue weighted by atomic mass is 16.7. The van der Waals surface area contributed by atoms with Gasteiger partial charge in [0.05, 0.1) is 6.10 Å². The third-order valence-corrected chi connectivity index (χ3v) is 3.72. The second kappa shape index (κ2) is 10.6. The number of rotatable bonds is 13. The SMILES string of the molecule is CCCCCCCC[C@H](O)[C@H]1O[C@H]1C(OCC)OCC. The monoisotopic (exact) mass is 288 g/mol. The summed E-state index contributed by atoms with van der Waals surface area (Å²) in [5.41, 5.74) is 0. The summed E-state index contributed by atoms with van der Waals surface area (Å²) in [6.45, 7) is 7.31. The van der Waals surface area contributed by atoms with Crippen LogP contribution in [0.15, 0.2) is 0 Å². The predicted molar refractivity (Wildman–Crippen MR) is 79.7 cm³/mol. The third kappa shape index (κ3) is 6.53. The Morgan fingerprint density at radius 3 is 2.10 bits per heavy atom. The molecule has 1 rings (SSSR count). The molecule has 1 saturated heterocycles. The van der Waals surface area contributed by atoms with Crippen LogP contribution in [-0.4, -0.2) is 42.9 Å². The molecule has 1 heterocycles. The number of epoxide rings is 1. The Labute approximate surface area is 123 Å². The first-order valence-electron chi connectivity index (χ1n) is 8.31. The summed E-state index contributed by atoms with van der Waals surface area (Å²) in [6.07, 6.45) is 7.37. The Balaban J connectivity index is 2.11. The zero-order chi connectivity index (χ0) is 14.8. The van der Waals surface area contributed by atoms with Gasteiger partial charge >= 0.3 is 0 Å². The summed E-state index contributed by atoms with van der Waals surface area (Å²) in [5, 5.41) is 10.1. The van der Waals surface area contributed by atoms with Crippen LogP contribution >= 0.6 is 0 Å². The smallest absolute Gasteiger partial charge is 0.186 e. The van der Waals surface area contributed by atoms with Crippen molar-refractivity contribution >= 4 is 0 Å². The summed E-state index contributed by atoms with van der Waals surface area (Å²) >= 11 is 0. The molecule has 0 bridgehead atoms. The fraction of sp³-hybridized carbons (Fsp3) is 1.00. The van der Waals surface area contributed by atoms with Crippen molar-refractivity contribution in [3.8, 4) is 0 Å². The standard InChI is InChI=1S/C16H32O4/c1-4-7-8-9-10-11-12-13(17)14-15(20-14)16(18-5-2)19-6-3/h13-17H,4-12H2,1-3H3/t13-,14+,15+/m0/s1. The molecule has 1 aliphatic rings. The molecule has 0 radical (unpaired) electrons. The summed E-state index contributed by atoms with van der Waals surface area (Å²) in [6, 6.07) is 0. The number of aliphatic hydroxyl groups excluding tert-OH is 1. The molecule has 0 amide bonds. The molecule has 120 valence electrons. The van der Waals surface area contributed by atoms with Crippen LogP contribution in [0.4, 0.5) is 0 Å². The quantitative estimate of drug-likeness (QED) is 0.321. The van der Waals surface area contributed by atoms with Crippen molar-refractivity contribution in [3.63, 3.8) is 0 Å². The molecular formula is C16H32O4. The van der Waals surface area contributed by atoms with Crippen molar-refractivity contribution < 1.29 is 19.3 Å². The third-order valence-electron chi connectivity index (χ3n) is 3.72. The van der Waals surface area contributed by atoms with E-state index in [2.05, 4.69) is 6.92 Å². The van der Waals surface area contributed by atoms with Gasteiger partial charge in [-0.1, -0.05) is 45.4 Å². The highest BCUT2D eigenvalue weighted by Crippen LogP contribution is 2.32. The Morgan fingerprint density at radius 2 is 1.50 bits per heavy atom. The van der Waals surface area contributed by atoms with Gasteiger partial charge in [0, 0.05) is 13.2 Å². The van der Waals surface area contributed by atoms with Crippen molar-refractivity contribution in [3.05, 3.63) is 0 Å². The molecule has 4 heteroatoms. The molecule has 0 aromatic rings. The lowest BCUT2D eigenvalue weighted by atomic mass is 10.0. The number of unbranched alkanes of at least 4 members (excludes halogenated alkanes) is 5. The van der Waals surface area contributed by atoms with Crippen LogP contribution in [0.2, 0.25) is 0 Å². The van der Waals surface area contributed by atoms with Gasteiger partial charge in [-0.05, 0) is 20.3 Å². The largest absolute Gasteiger partial charge is 0.390 e. The van der Waals surface area contributed by atoms with E-state index >= 15 is 0 Å². The van der Waals surface area contributed by atoms with Gasteiger partial charge < -0.3 is 19.3 Å². The molecule has 0 aromatic heterocycles. The average molecular weight is 288 g/mol. The Morgan fingerprint density at radius 1 is 0.900 bits per heavy atom. The predicted octanol–water partition coefficient (Wildman–Crippen LogP) is 3.26. The molecule has 0 aromatic carbocycles. The van der Waals surface area contributed by atoms with Crippen molar-refractivity contribution in [2.24, 2.45) is 0 Å². The van der Waals surface area contributed by atoms with Gasteiger partial charge in [-0.3, -0.25) is 0 Å². The first kappa shape index (κ1) is 17.9. The summed E-state index contributed by atoms with van der Waals surface area (Å²) < 4.78 is 16.5. The first-order chi connectivity index (χ1) is 9.74. The minimum atomic E-state index is -0.380. The summed E-state index contributed by atoms with van der Waals surface area (Å²) in [5.74, 6) is 0. The van der Waals surface area contributed by atoms with E-state index in [1.54, 1.807) is 0 Å². The second-order valence-corrected chi connectivity index (χ2v) is 5.47. The number of hydrogen-bond acceptors (Lipinski definition) is 4. The van der Waals surface area contributed by atoms with E-state index < -0.39 is 0 Å². The molecule has 0 aliphatic carbocycles. The Kier molecular flexibility index (Phi) is 9.44. The summed E-state index contributed by atoms with van der Waals surface area (Å²) in [7, 11) is 0. The number of aliphatic hydroxyl groups is 1. The maximum absolute atomic E-state index is 10.1. The summed E-state index contributed by atoms with van der Waals surface area (Å²) in [4.78, 5) is 0. The van der Waals surface area contributed by atoms with Crippen molar-refractivity contribution in [1.82, 2.24) is 0 Å². The van der Waals surface area contributed by atoms with Crippen LogP contribution in [0.1, 0.15) is 65.7 Å². The highest BCUT2D eigenvalue weighted by Gasteiger charge is 2.50. The molecule has 0 spiro atoms. The van der Waals surface area contributed by atoms with E-state index in [-0.39, 0.29) is 24.6 Å². The molecule has 1 aliphatic heterocycles. The van der Waals surface area contributed by atoms with Crippen molar-refractivity contribution in [2.75, 3.05) is 13.2 Å². The fourth-order valence-corrected chi connectivity index (χ4v) is 2.53. The molecule has 1 fully saturated rings. The van der Waals surface area contributed by atoms with Crippen LogP contribution in [0, 0.1) is 0 Å². The Bertz CT molecular complexity index is 229. The molecule has 0 saturated carbocycles. The van der Waals surface area contributed by atoms with E-state index in [1.807, 2.05) is 13.8 Å². The minimum absolute atomic E-state index is 0.0926. The van der Waals surface area contributed by atoms with Gasteiger partial charge in [0.1, 0.15) is 12.2 Å². The first-order valence-corrected chi connectivity index (χ1v) is 8.31. The lowest BCUT2D eigenvalue weighted by molar-refractivity contribution is -0.147. The van der Waals surface area contributed by atoms with E-state index in [0.717, 1.165) is 12.8 Å². The van der Waals surface area contributed by atoms with E-state index in [4.69, 9.17) is 14.2 Å². The average Bonchev–Trinajstić information content (AvgIpc) is 3.22. The molecule has 4 nitrogen and oxygen atoms in total. The minimum Gasteiger partial charge on any atom is -0.390 e. The molecule has 20 heavy (non-hydrogen) atoms. The maximum atomic E-state index is 10.1. The zero-order valence-corrected chi connectivity index (χ0v) is 13.3. The number of hydrogen-bond donors (Lipinski definition) is 1. The van der Waals surface area contributed by atoms with Gasteiger partial charge in [0.15, 0.2) is 6.29 Å². The van der Waals surface area contributed by atoms with Gasteiger partial charge in [0.2, 0.25) is 0 Å². The van der Waals surface area contributed by atoms with E-state index in [0.29, 0.717) is 13.2 Å². The van der Waals surface area contributed by atoms with Crippen LogP contribution in [0.5, 0.6) is 0 Å². The van der Waals surface area contributed by atoms with Gasteiger partial charge in [0.25, 0.3) is 0 Å². The lowest BCUT2D eigenvalue weighted by Gasteiger charge is -2.15. The van der Waals surface area contributed by atoms with Crippen LogP contribution < -0.4 is 0 Å². The maximum Gasteiger partial charge on any atom is 0.186 e. The number of ether oxygens (including phenoxy) is 3. The Hall–Kier alpha value is -0.160. The van der Waals surface area contributed by atoms with Crippen molar-refractivity contribution in [1.29, 1.82) is 0 Å². The van der Waals surface area contributed by atoms with Gasteiger partial charge in [-0.2, -0.15) is 0 Å². The van der Waals surface area contributed by atoms with Crippen LogP contribution in [0.3, 0.4) is 0 Å².